The summed E-state index contributed by atoms with van der Waals surface area (Å²) in [6.45, 7) is 7.30. The number of pyridine rings is 1. The first-order valence-electron chi connectivity index (χ1n) is 7.01. The molecule has 0 spiro atoms. The zero-order chi connectivity index (χ0) is 14.5. The van der Waals surface area contributed by atoms with Gasteiger partial charge in [0, 0.05) is 10.7 Å². The van der Waals surface area contributed by atoms with Crippen molar-refractivity contribution < 1.29 is 0 Å². The lowest BCUT2D eigenvalue weighted by Crippen LogP contribution is -2.24. The Kier molecular flexibility index (Phi) is 5.32. The molecule has 3 heteroatoms. The smallest absolute Gasteiger partial charge is 0.0605 e. The molecular formula is C17H21BrN2. The largest absolute Gasteiger partial charge is 0.309 e. The summed E-state index contributed by atoms with van der Waals surface area (Å²) in [5.74, 6) is 0. The number of nitrogens with one attached hydrogen (secondary N) is 1. The SMILES string of the molecule is CCNC(Cc1ccc(Br)cc1)c1ncc(C)cc1C. The molecule has 0 radical (unpaired) electrons. The fourth-order valence-electron chi connectivity index (χ4n) is 2.46. The van der Waals surface area contributed by atoms with Gasteiger partial charge in [-0.05, 0) is 55.6 Å². The summed E-state index contributed by atoms with van der Waals surface area (Å²) >= 11 is 3.48. The van der Waals surface area contributed by atoms with Crippen LogP contribution in [0, 0.1) is 13.8 Å². The normalized spacial score (nSPS) is 12.4. The van der Waals surface area contributed by atoms with Gasteiger partial charge in [0.2, 0.25) is 0 Å². The average Bonchev–Trinajstić information content (AvgIpc) is 2.41. The highest BCUT2D eigenvalue weighted by Gasteiger charge is 2.15. The van der Waals surface area contributed by atoms with Crippen molar-refractivity contribution in [1.29, 1.82) is 0 Å². The molecule has 1 atom stereocenters. The summed E-state index contributed by atoms with van der Waals surface area (Å²) in [6.07, 6.45) is 2.91. The lowest BCUT2D eigenvalue weighted by atomic mass is 9.99. The van der Waals surface area contributed by atoms with Gasteiger partial charge in [-0.1, -0.05) is 41.1 Å². The average molecular weight is 333 g/mol. The summed E-state index contributed by atoms with van der Waals surface area (Å²) in [7, 11) is 0. The van der Waals surface area contributed by atoms with Crippen LogP contribution in [0.15, 0.2) is 41.0 Å². The molecule has 20 heavy (non-hydrogen) atoms. The Morgan fingerprint density at radius 2 is 1.90 bits per heavy atom. The van der Waals surface area contributed by atoms with Gasteiger partial charge >= 0.3 is 0 Å². The van der Waals surface area contributed by atoms with Crippen molar-refractivity contribution in [3.63, 3.8) is 0 Å². The molecule has 0 amide bonds. The minimum Gasteiger partial charge on any atom is -0.309 e. The zero-order valence-corrected chi connectivity index (χ0v) is 13.9. The van der Waals surface area contributed by atoms with E-state index in [0.717, 1.165) is 23.1 Å². The highest BCUT2D eigenvalue weighted by Crippen LogP contribution is 2.21. The van der Waals surface area contributed by atoms with Crippen molar-refractivity contribution in [2.45, 2.75) is 33.2 Å². The first-order valence-corrected chi connectivity index (χ1v) is 7.80. The molecule has 1 heterocycles. The van der Waals surface area contributed by atoms with E-state index in [-0.39, 0.29) is 6.04 Å². The quantitative estimate of drug-likeness (QED) is 0.880. The Morgan fingerprint density at radius 1 is 1.20 bits per heavy atom. The van der Waals surface area contributed by atoms with E-state index in [1.165, 1.54) is 16.7 Å². The van der Waals surface area contributed by atoms with Gasteiger partial charge in [0.15, 0.2) is 0 Å². The fourth-order valence-corrected chi connectivity index (χ4v) is 2.72. The van der Waals surface area contributed by atoms with Crippen molar-refractivity contribution >= 4 is 15.9 Å². The highest BCUT2D eigenvalue weighted by atomic mass is 79.9. The number of hydrogen-bond donors (Lipinski definition) is 1. The number of aromatic nitrogens is 1. The van der Waals surface area contributed by atoms with Gasteiger partial charge in [0.1, 0.15) is 0 Å². The van der Waals surface area contributed by atoms with Crippen LogP contribution in [-0.2, 0) is 6.42 Å². The third kappa shape index (κ3) is 3.90. The van der Waals surface area contributed by atoms with Crippen molar-refractivity contribution in [1.82, 2.24) is 10.3 Å². The van der Waals surface area contributed by atoms with Crippen LogP contribution >= 0.6 is 15.9 Å². The number of benzene rings is 1. The van der Waals surface area contributed by atoms with Crippen LogP contribution in [0.5, 0.6) is 0 Å². The Labute approximate surface area is 129 Å². The maximum atomic E-state index is 4.64. The standard InChI is InChI=1S/C17H21BrN2/c1-4-19-16(10-14-5-7-15(18)8-6-14)17-13(3)9-12(2)11-20-17/h5-9,11,16,19H,4,10H2,1-3H3. The van der Waals surface area contributed by atoms with E-state index in [1.54, 1.807) is 0 Å². The Bertz CT molecular complexity index is 564. The second-order valence-electron chi connectivity index (χ2n) is 5.16. The van der Waals surface area contributed by atoms with Gasteiger partial charge in [-0.15, -0.1) is 0 Å². The van der Waals surface area contributed by atoms with Crippen molar-refractivity contribution in [2.75, 3.05) is 6.54 Å². The third-order valence-corrected chi connectivity index (χ3v) is 3.92. The third-order valence-electron chi connectivity index (χ3n) is 3.39. The predicted octanol–water partition coefficient (Wildman–Crippen LogP) is 4.35. The molecular weight excluding hydrogens is 312 g/mol. The zero-order valence-electron chi connectivity index (χ0n) is 12.3. The molecule has 0 saturated heterocycles. The van der Waals surface area contributed by atoms with Crippen molar-refractivity contribution in [3.05, 3.63) is 63.4 Å². The Hall–Kier alpha value is -1.19. The van der Waals surface area contributed by atoms with Gasteiger partial charge in [-0.25, -0.2) is 0 Å². The molecule has 0 fully saturated rings. The number of halogens is 1. The van der Waals surface area contributed by atoms with Crippen LogP contribution in [0.2, 0.25) is 0 Å². The summed E-state index contributed by atoms with van der Waals surface area (Å²) in [6, 6.07) is 11.0. The molecule has 2 rings (SSSR count). The summed E-state index contributed by atoms with van der Waals surface area (Å²) in [5, 5.41) is 3.55. The molecule has 0 bridgehead atoms. The number of aryl methyl sites for hydroxylation is 2. The Balaban J connectivity index is 2.24. The molecule has 106 valence electrons. The number of hydrogen-bond acceptors (Lipinski definition) is 2. The van der Waals surface area contributed by atoms with E-state index in [2.05, 4.69) is 77.3 Å². The van der Waals surface area contributed by atoms with E-state index in [9.17, 15) is 0 Å². The first kappa shape index (κ1) is 15.2. The molecule has 0 aliphatic carbocycles. The van der Waals surface area contributed by atoms with E-state index in [4.69, 9.17) is 0 Å². The minimum atomic E-state index is 0.266. The molecule has 2 nitrogen and oxygen atoms in total. The highest BCUT2D eigenvalue weighted by molar-refractivity contribution is 9.10. The summed E-state index contributed by atoms with van der Waals surface area (Å²) in [5.41, 5.74) is 4.94. The van der Waals surface area contributed by atoms with Gasteiger partial charge in [0.25, 0.3) is 0 Å². The molecule has 0 aliphatic rings. The molecule has 1 unspecified atom stereocenters. The van der Waals surface area contributed by atoms with Gasteiger partial charge < -0.3 is 5.32 Å². The molecule has 1 aromatic carbocycles. The first-order chi connectivity index (χ1) is 9.60. The summed E-state index contributed by atoms with van der Waals surface area (Å²) < 4.78 is 1.12. The predicted molar refractivity (Wildman–Crippen MR) is 88.0 cm³/mol. The van der Waals surface area contributed by atoms with Crippen molar-refractivity contribution in [3.8, 4) is 0 Å². The molecule has 0 aliphatic heterocycles. The molecule has 1 N–H and O–H groups in total. The lowest BCUT2D eigenvalue weighted by Gasteiger charge is -2.20. The Morgan fingerprint density at radius 3 is 2.50 bits per heavy atom. The van der Waals surface area contributed by atoms with Gasteiger partial charge in [0.05, 0.1) is 11.7 Å². The second-order valence-corrected chi connectivity index (χ2v) is 6.07. The van der Waals surface area contributed by atoms with E-state index in [1.807, 2.05) is 6.20 Å². The minimum absolute atomic E-state index is 0.266. The number of rotatable bonds is 5. The van der Waals surface area contributed by atoms with Crippen LogP contribution in [0.1, 0.15) is 35.3 Å². The molecule has 2 aromatic rings. The van der Waals surface area contributed by atoms with E-state index in [0.29, 0.717) is 0 Å². The van der Waals surface area contributed by atoms with E-state index < -0.39 is 0 Å². The lowest BCUT2D eigenvalue weighted by molar-refractivity contribution is 0.533. The second kappa shape index (κ2) is 7.00. The van der Waals surface area contributed by atoms with Crippen LogP contribution < -0.4 is 5.32 Å². The maximum Gasteiger partial charge on any atom is 0.0605 e. The van der Waals surface area contributed by atoms with Gasteiger partial charge in [-0.2, -0.15) is 0 Å². The van der Waals surface area contributed by atoms with Gasteiger partial charge in [-0.3, -0.25) is 4.98 Å². The van der Waals surface area contributed by atoms with Crippen LogP contribution in [0.4, 0.5) is 0 Å². The van der Waals surface area contributed by atoms with Crippen LogP contribution in [0.3, 0.4) is 0 Å². The van der Waals surface area contributed by atoms with Crippen LogP contribution in [0.25, 0.3) is 0 Å². The van der Waals surface area contributed by atoms with E-state index >= 15 is 0 Å². The number of likely N-dealkylation sites (N-methyl/N-ethyl adjacent to an activating group) is 1. The monoisotopic (exact) mass is 332 g/mol. The topological polar surface area (TPSA) is 24.9 Å². The summed E-state index contributed by atoms with van der Waals surface area (Å²) in [4.78, 5) is 4.64. The number of nitrogens with zero attached hydrogens (tertiary/aromatic N) is 1. The fraction of sp³-hybridized carbons (Fsp3) is 0.353. The molecule has 0 saturated carbocycles. The van der Waals surface area contributed by atoms with Crippen LogP contribution in [-0.4, -0.2) is 11.5 Å². The van der Waals surface area contributed by atoms with Crippen molar-refractivity contribution in [2.24, 2.45) is 0 Å². The maximum absolute atomic E-state index is 4.64. The molecule has 1 aromatic heterocycles.